The van der Waals surface area contributed by atoms with Gasteiger partial charge >= 0.3 is 0 Å². The first-order valence-corrected chi connectivity index (χ1v) is 8.03. The summed E-state index contributed by atoms with van der Waals surface area (Å²) >= 11 is 6.44. The lowest BCUT2D eigenvalue weighted by Crippen LogP contribution is -2.00. The van der Waals surface area contributed by atoms with E-state index >= 15 is 0 Å². The molecule has 0 aliphatic rings. The van der Waals surface area contributed by atoms with Crippen LogP contribution < -0.4 is 5.32 Å². The molecule has 2 heterocycles. The fourth-order valence-electron chi connectivity index (χ4n) is 2.57. The third kappa shape index (κ3) is 2.84. The van der Waals surface area contributed by atoms with E-state index in [9.17, 15) is 0 Å². The number of H-pyrrole nitrogens is 1. The number of fused-ring (bicyclic) bond motifs is 1. The second-order valence-electron chi connectivity index (χ2n) is 5.62. The summed E-state index contributed by atoms with van der Waals surface area (Å²) in [6, 6.07) is 11.2. The number of aryl methyl sites for hydroxylation is 1. The topological polar surface area (TPSA) is 91.6 Å². The van der Waals surface area contributed by atoms with E-state index < -0.39 is 0 Å². The summed E-state index contributed by atoms with van der Waals surface area (Å²) < 4.78 is 1.66. The molecular weight excluding hydrogens is 340 g/mol. The summed E-state index contributed by atoms with van der Waals surface area (Å²) in [7, 11) is 1.81. The van der Waals surface area contributed by atoms with Gasteiger partial charge in [-0.15, -0.1) is 5.10 Å². The average Bonchev–Trinajstić information content (AvgIpc) is 3.25. The van der Waals surface area contributed by atoms with E-state index in [4.69, 9.17) is 16.7 Å². The Kier molecular flexibility index (Phi) is 3.87. The highest BCUT2D eigenvalue weighted by molar-refractivity contribution is 6.38. The molecule has 25 heavy (non-hydrogen) atoms. The van der Waals surface area contributed by atoms with E-state index in [0.717, 1.165) is 27.7 Å². The molecule has 4 aromatic rings. The van der Waals surface area contributed by atoms with E-state index in [1.54, 1.807) is 10.9 Å². The Balaban J connectivity index is 1.66. The second kappa shape index (κ2) is 6.19. The van der Waals surface area contributed by atoms with Gasteiger partial charge in [-0.25, -0.2) is 4.68 Å². The van der Waals surface area contributed by atoms with Crippen molar-refractivity contribution in [3.8, 4) is 11.4 Å². The zero-order valence-electron chi connectivity index (χ0n) is 13.4. The van der Waals surface area contributed by atoms with E-state index in [2.05, 4.69) is 25.6 Å². The van der Waals surface area contributed by atoms with Gasteiger partial charge in [-0.2, -0.15) is 10.1 Å². The molecule has 126 valence electrons. The minimum absolute atomic E-state index is 0.0116. The van der Waals surface area contributed by atoms with Crippen LogP contribution in [-0.4, -0.2) is 30.1 Å². The van der Waals surface area contributed by atoms with Crippen molar-refractivity contribution in [1.82, 2.24) is 25.0 Å². The third-order valence-corrected chi connectivity index (χ3v) is 4.37. The van der Waals surface area contributed by atoms with Crippen LogP contribution in [0, 0.1) is 0 Å². The van der Waals surface area contributed by atoms with Crippen LogP contribution in [0.25, 0.3) is 22.3 Å². The van der Waals surface area contributed by atoms with Gasteiger partial charge in [0.2, 0.25) is 5.95 Å². The smallest absolute Gasteiger partial charge is 0.225 e. The number of aliphatic hydroxyl groups is 1. The molecule has 0 bridgehead atoms. The summed E-state index contributed by atoms with van der Waals surface area (Å²) in [5, 5.41) is 25.1. The molecule has 0 aliphatic carbocycles. The maximum absolute atomic E-state index is 9.13. The highest BCUT2D eigenvalue weighted by Gasteiger charge is 2.13. The number of aromatic nitrogens is 5. The van der Waals surface area contributed by atoms with Crippen molar-refractivity contribution >= 4 is 34.1 Å². The molecule has 0 fully saturated rings. The highest BCUT2D eigenvalue weighted by atomic mass is 35.5. The largest absolute Gasteiger partial charge is 0.392 e. The van der Waals surface area contributed by atoms with Gasteiger partial charge in [0.05, 0.1) is 29.0 Å². The SMILES string of the molecule is Cn1nc(-c2ccc(CO)cc2)nc1Nc1ccc2[nH]ncc2c1Cl. The summed E-state index contributed by atoms with van der Waals surface area (Å²) in [6.07, 6.45) is 1.69. The molecule has 2 aromatic carbocycles. The average molecular weight is 355 g/mol. The van der Waals surface area contributed by atoms with Crippen molar-refractivity contribution in [1.29, 1.82) is 0 Å². The fourth-order valence-corrected chi connectivity index (χ4v) is 2.84. The number of rotatable bonds is 4. The number of benzene rings is 2. The summed E-state index contributed by atoms with van der Waals surface area (Å²) in [6.45, 7) is 0.0116. The number of hydrogen-bond donors (Lipinski definition) is 3. The molecule has 0 atom stereocenters. The minimum atomic E-state index is 0.0116. The van der Waals surface area contributed by atoms with Crippen LogP contribution in [0.1, 0.15) is 5.56 Å². The lowest BCUT2D eigenvalue weighted by Gasteiger charge is -2.07. The first kappa shape index (κ1) is 15.6. The highest BCUT2D eigenvalue weighted by Crippen LogP contribution is 2.31. The van der Waals surface area contributed by atoms with Gasteiger partial charge < -0.3 is 10.4 Å². The molecule has 0 spiro atoms. The van der Waals surface area contributed by atoms with Crippen LogP contribution >= 0.6 is 11.6 Å². The van der Waals surface area contributed by atoms with Crippen LogP contribution in [-0.2, 0) is 13.7 Å². The number of anilines is 2. The Morgan fingerprint density at radius 3 is 2.76 bits per heavy atom. The molecule has 3 N–H and O–H groups in total. The first-order chi connectivity index (χ1) is 12.2. The van der Waals surface area contributed by atoms with E-state index in [0.29, 0.717) is 16.8 Å². The molecule has 8 heteroatoms. The summed E-state index contributed by atoms with van der Waals surface area (Å²) in [5.41, 5.74) is 3.32. The molecule has 0 amide bonds. The first-order valence-electron chi connectivity index (χ1n) is 7.65. The van der Waals surface area contributed by atoms with Gasteiger partial charge in [0.25, 0.3) is 0 Å². The standard InChI is InChI=1S/C17H15ClN6O/c1-24-17(20-14-7-6-13-12(15(14)18)8-19-22-13)21-16(23-24)11-4-2-10(9-25)3-5-11/h2-8,25H,9H2,1H3,(H,19,22)(H,20,21,23). The molecule has 0 radical (unpaired) electrons. The molecule has 7 nitrogen and oxygen atoms in total. The Bertz CT molecular complexity index is 1040. The van der Waals surface area contributed by atoms with Gasteiger partial charge in [-0.3, -0.25) is 5.10 Å². The normalized spacial score (nSPS) is 11.2. The number of halogens is 1. The second-order valence-corrected chi connectivity index (χ2v) is 6.00. The Labute approximate surface area is 148 Å². The predicted molar refractivity (Wildman–Crippen MR) is 96.7 cm³/mol. The van der Waals surface area contributed by atoms with E-state index in [1.807, 2.05) is 43.4 Å². The van der Waals surface area contributed by atoms with E-state index in [-0.39, 0.29) is 6.61 Å². The summed E-state index contributed by atoms with van der Waals surface area (Å²) in [4.78, 5) is 4.54. The molecule has 4 rings (SSSR count). The van der Waals surface area contributed by atoms with Gasteiger partial charge in [0, 0.05) is 18.0 Å². The number of nitrogens with zero attached hydrogens (tertiary/aromatic N) is 4. The van der Waals surface area contributed by atoms with Crippen molar-refractivity contribution < 1.29 is 5.11 Å². The van der Waals surface area contributed by atoms with Crippen LogP contribution in [0.4, 0.5) is 11.6 Å². The van der Waals surface area contributed by atoms with Crippen LogP contribution in [0.5, 0.6) is 0 Å². The van der Waals surface area contributed by atoms with Crippen molar-refractivity contribution in [3.05, 3.63) is 53.2 Å². The van der Waals surface area contributed by atoms with Crippen LogP contribution in [0.3, 0.4) is 0 Å². The van der Waals surface area contributed by atoms with Crippen LogP contribution in [0.2, 0.25) is 5.02 Å². The monoisotopic (exact) mass is 354 g/mol. The number of hydrogen-bond acceptors (Lipinski definition) is 5. The molecule has 2 aromatic heterocycles. The molecule has 0 saturated heterocycles. The zero-order valence-corrected chi connectivity index (χ0v) is 14.1. The van der Waals surface area contributed by atoms with E-state index in [1.165, 1.54) is 0 Å². The van der Waals surface area contributed by atoms with Crippen LogP contribution in [0.15, 0.2) is 42.6 Å². The molecular formula is C17H15ClN6O. The minimum Gasteiger partial charge on any atom is -0.392 e. The van der Waals surface area contributed by atoms with Crippen molar-refractivity contribution in [2.24, 2.45) is 7.05 Å². The van der Waals surface area contributed by atoms with Crippen molar-refractivity contribution in [3.63, 3.8) is 0 Å². The maximum Gasteiger partial charge on any atom is 0.225 e. The Morgan fingerprint density at radius 1 is 1.20 bits per heavy atom. The Hall–Kier alpha value is -2.90. The molecule has 0 saturated carbocycles. The lowest BCUT2D eigenvalue weighted by molar-refractivity contribution is 0.282. The van der Waals surface area contributed by atoms with Crippen molar-refractivity contribution in [2.45, 2.75) is 6.61 Å². The quantitative estimate of drug-likeness (QED) is 0.523. The third-order valence-electron chi connectivity index (χ3n) is 3.96. The lowest BCUT2D eigenvalue weighted by atomic mass is 10.1. The fraction of sp³-hybridized carbons (Fsp3) is 0.118. The van der Waals surface area contributed by atoms with Gasteiger partial charge in [0.1, 0.15) is 0 Å². The number of aliphatic hydroxyl groups excluding tert-OH is 1. The Morgan fingerprint density at radius 2 is 2.00 bits per heavy atom. The number of aromatic amines is 1. The van der Waals surface area contributed by atoms with Gasteiger partial charge in [0.15, 0.2) is 5.82 Å². The summed E-state index contributed by atoms with van der Waals surface area (Å²) in [5.74, 6) is 1.17. The molecule has 0 aliphatic heterocycles. The van der Waals surface area contributed by atoms with Crippen molar-refractivity contribution in [2.75, 3.05) is 5.32 Å². The number of nitrogens with one attached hydrogen (secondary N) is 2. The maximum atomic E-state index is 9.13. The zero-order chi connectivity index (χ0) is 17.4. The van der Waals surface area contributed by atoms with Gasteiger partial charge in [-0.05, 0) is 17.7 Å². The predicted octanol–water partition coefficient (Wildman–Crippen LogP) is 3.25. The van der Waals surface area contributed by atoms with Gasteiger partial charge in [-0.1, -0.05) is 35.9 Å². The molecule has 0 unspecified atom stereocenters.